The normalized spacial score (nSPS) is 10.9. The molecule has 8 nitrogen and oxygen atoms in total. The average molecular weight is 333 g/mol. The lowest BCUT2D eigenvalue weighted by atomic mass is 10.1. The summed E-state index contributed by atoms with van der Waals surface area (Å²) in [6.07, 6.45) is 0. The molecule has 0 bridgehead atoms. The van der Waals surface area contributed by atoms with Crippen LogP contribution in [0.4, 0.5) is 0 Å². The molecule has 124 valence electrons. The van der Waals surface area contributed by atoms with Crippen LogP contribution in [0.2, 0.25) is 0 Å². The minimum absolute atomic E-state index is 0.217. The fourth-order valence-corrected chi connectivity index (χ4v) is 2.65. The molecule has 0 saturated heterocycles. The van der Waals surface area contributed by atoms with E-state index in [4.69, 9.17) is 0 Å². The highest BCUT2D eigenvalue weighted by Crippen LogP contribution is 2.15. The molecule has 1 amide bonds. The molecule has 2 aromatic carbocycles. The van der Waals surface area contributed by atoms with Gasteiger partial charge in [0.25, 0.3) is 5.91 Å². The number of tetrazole rings is 1. The molecule has 2 aromatic heterocycles. The van der Waals surface area contributed by atoms with Crippen LogP contribution in [0, 0.1) is 6.92 Å². The van der Waals surface area contributed by atoms with Crippen molar-refractivity contribution in [3.63, 3.8) is 0 Å². The fraction of sp³-hybridized carbons (Fsp3) is 0.118. The number of hydrogen-bond acceptors (Lipinski definition) is 5. The number of aryl methyl sites for hydroxylation is 1. The van der Waals surface area contributed by atoms with E-state index in [1.807, 2.05) is 30.3 Å². The highest BCUT2D eigenvalue weighted by molar-refractivity contribution is 5.97. The van der Waals surface area contributed by atoms with Crippen molar-refractivity contribution in [1.82, 2.24) is 35.5 Å². The number of hydrogen-bond donors (Lipinski definition) is 2. The van der Waals surface area contributed by atoms with Gasteiger partial charge in [0.15, 0.2) is 5.82 Å². The molecule has 0 atom stereocenters. The quantitative estimate of drug-likeness (QED) is 0.593. The third-order valence-electron chi connectivity index (χ3n) is 3.86. The lowest BCUT2D eigenvalue weighted by Crippen LogP contribution is -2.25. The summed E-state index contributed by atoms with van der Waals surface area (Å²) in [7, 11) is 0. The number of aromatic amines is 1. The van der Waals surface area contributed by atoms with E-state index >= 15 is 0 Å². The Kier molecular flexibility index (Phi) is 3.70. The van der Waals surface area contributed by atoms with Crippen molar-refractivity contribution in [2.45, 2.75) is 13.5 Å². The molecule has 4 rings (SSSR count). The fourth-order valence-electron chi connectivity index (χ4n) is 2.65. The maximum absolute atomic E-state index is 12.6. The highest BCUT2D eigenvalue weighted by atomic mass is 16.1. The number of nitrogens with zero attached hydrogens (tertiary/aromatic N) is 5. The molecule has 0 radical (unpaired) electrons. The smallest absolute Gasteiger partial charge is 0.253 e. The number of benzene rings is 2. The zero-order valence-electron chi connectivity index (χ0n) is 13.5. The summed E-state index contributed by atoms with van der Waals surface area (Å²) in [4.78, 5) is 20.3. The Morgan fingerprint density at radius 2 is 1.96 bits per heavy atom. The van der Waals surface area contributed by atoms with E-state index in [1.54, 1.807) is 25.1 Å². The molecule has 0 saturated carbocycles. The number of H-pyrrole nitrogens is 1. The van der Waals surface area contributed by atoms with E-state index in [2.05, 4.69) is 30.8 Å². The number of imidazole rings is 1. The zero-order valence-corrected chi connectivity index (χ0v) is 13.5. The van der Waals surface area contributed by atoms with Gasteiger partial charge in [-0.15, -0.1) is 5.10 Å². The Hall–Kier alpha value is -3.55. The van der Waals surface area contributed by atoms with Crippen molar-refractivity contribution in [1.29, 1.82) is 0 Å². The molecule has 0 fully saturated rings. The van der Waals surface area contributed by atoms with Crippen molar-refractivity contribution >= 4 is 16.9 Å². The number of rotatable bonds is 4. The summed E-state index contributed by atoms with van der Waals surface area (Å²) in [6, 6.07) is 14.9. The van der Waals surface area contributed by atoms with Gasteiger partial charge in [-0.1, -0.05) is 24.3 Å². The van der Waals surface area contributed by atoms with Crippen molar-refractivity contribution in [3.8, 4) is 5.69 Å². The molecule has 0 aliphatic carbocycles. The topological polar surface area (TPSA) is 101 Å². The second kappa shape index (κ2) is 6.16. The van der Waals surface area contributed by atoms with Crippen molar-refractivity contribution < 1.29 is 4.79 Å². The molecule has 0 aliphatic heterocycles. The number of carbonyl (C=O) groups is 1. The summed E-state index contributed by atoms with van der Waals surface area (Å²) >= 11 is 0. The SMILES string of the molecule is Cc1nnnn1-c1ccccc1C(=O)NCc1nc2ccccc2[nH]1. The number of para-hydroxylation sites is 3. The van der Waals surface area contributed by atoms with Crippen molar-refractivity contribution in [2.75, 3.05) is 0 Å². The largest absolute Gasteiger partial charge is 0.345 e. The predicted molar refractivity (Wildman–Crippen MR) is 91.2 cm³/mol. The molecule has 25 heavy (non-hydrogen) atoms. The number of carbonyl (C=O) groups excluding carboxylic acids is 1. The van der Waals surface area contributed by atoms with Crippen LogP contribution < -0.4 is 5.32 Å². The van der Waals surface area contributed by atoms with Gasteiger partial charge in [0.05, 0.1) is 28.8 Å². The lowest BCUT2D eigenvalue weighted by Gasteiger charge is -2.09. The van der Waals surface area contributed by atoms with Crippen molar-refractivity contribution in [2.24, 2.45) is 0 Å². The first-order valence-electron chi connectivity index (χ1n) is 7.78. The summed E-state index contributed by atoms with van der Waals surface area (Å²) in [6.45, 7) is 2.08. The Balaban J connectivity index is 1.56. The molecular formula is C17H15N7O. The standard InChI is InChI=1S/C17H15N7O/c1-11-21-22-23-24(11)15-9-5-2-6-12(15)17(25)18-10-16-19-13-7-3-4-8-14(13)20-16/h2-9H,10H2,1H3,(H,18,25)(H,19,20). The van der Waals surface area contributed by atoms with Gasteiger partial charge in [-0.05, 0) is 41.6 Å². The van der Waals surface area contributed by atoms with Gasteiger partial charge in [0.2, 0.25) is 0 Å². The first-order chi connectivity index (χ1) is 12.2. The van der Waals surface area contributed by atoms with Gasteiger partial charge in [0.1, 0.15) is 5.82 Å². The Morgan fingerprint density at radius 1 is 1.16 bits per heavy atom. The van der Waals surface area contributed by atoms with E-state index in [-0.39, 0.29) is 5.91 Å². The van der Waals surface area contributed by atoms with Crippen LogP contribution in [-0.4, -0.2) is 36.1 Å². The lowest BCUT2D eigenvalue weighted by molar-refractivity contribution is 0.0950. The predicted octanol–water partition coefficient (Wildman–Crippen LogP) is 1.78. The van der Waals surface area contributed by atoms with Crippen LogP contribution in [0.25, 0.3) is 16.7 Å². The zero-order chi connectivity index (χ0) is 17.2. The number of nitrogens with one attached hydrogen (secondary N) is 2. The Labute approximate surface area is 142 Å². The number of fused-ring (bicyclic) bond motifs is 1. The van der Waals surface area contributed by atoms with Crippen LogP contribution in [0.15, 0.2) is 48.5 Å². The minimum Gasteiger partial charge on any atom is -0.345 e. The van der Waals surface area contributed by atoms with E-state index in [0.717, 1.165) is 11.0 Å². The summed E-state index contributed by atoms with van der Waals surface area (Å²) in [5.41, 5.74) is 2.94. The third kappa shape index (κ3) is 2.85. The van der Waals surface area contributed by atoms with Gasteiger partial charge < -0.3 is 10.3 Å². The van der Waals surface area contributed by atoms with Crippen LogP contribution >= 0.6 is 0 Å². The van der Waals surface area contributed by atoms with Crippen LogP contribution in [0.5, 0.6) is 0 Å². The monoisotopic (exact) mass is 333 g/mol. The number of amides is 1. The average Bonchev–Trinajstić information content (AvgIpc) is 3.25. The summed E-state index contributed by atoms with van der Waals surface area (Å²) in [5.74, 6) is 1.09. The maximum atomic E-state index is 12.6. The van der Waals surface area contributed by atoms with Gasteiger partial charge in [-0.3, -0.25) is 4.79 Å². The molecular weight excluding hydrogens is 318 g/mol. The second-order valence-electron chi connectivity index (χ2n) is 5.54. The van der Waals surface area contributed by atoms with E-state index in [0.29, 0.717) is 29.4 Å². The molecule has 2 heterocycles. The van der Waals surface area contributed by atoms with Gasteiger partial charge in [-0.2, -0.15) is 4.68 Å². The van der Waals surface area contributed by atoms with E-state index < -0.39 is 0 Å². The highest BCUT2D eigenvalue weighted by Gasteiger charge is 2.15. The molecule has 4 aromatic rings. The third-order valence-corrected chi connectivity index (χ3v) is 3.86. The van der Waals surface area contributed by atoms with Gasteiger partial charge in [-0.25, -0.2) is 4.98 Å². The van der Waals surface area contributed by atoms with Crippen LogP contribution in [-0.2, 0) is 6.54 Å². The summed E-state index contributed by atoms with van der Waals surface area (Å²) in [5, 5.41) is 14.3. The van der Waals surface area contributed by atoms with E-state index in [1.165, 1.54) is 4.68 Å². The molecule has 8 heteroatoms. The van der Waals surface area contributed by atoms with Gasteiger partial charge in [0, 0.05) is 0 Å². The van der Waals surface area contributed by atoms with Crippen molar-refractivity contribution in [3.05, 3.63) is 65.7 Å². The molecule has 0 aliphatic rings. The number of aromatic nitrogens is 6. The molecule has 0 spiro atoms. The van der Waals surface area contributed by atoms with Gasteiger partial charge >= 0.3 is 0 Å². The second-order valence-corrected chi connectivity index (χ2v) is 5.54. The first-order valence-corrected chi connectivity index (χ1v) is 7.78. The molecule has 0 unspecified atom stereocenters. The maximum Gasteiger partial charge on any atom is 0.253 e. The molecule has 2 N–H and O–H groups in total. The Bertz CT molecular complexity index is 1020. The van der Waals surface area contributed by atoms with E-state index in [9.17, 15) is 4.79 Å². The Morgan fingerprint density at radius 3 is 2.76 bits per heavy atom. The minimum atomic E-state index is -0.217. The van der Waals surface area contributed by atoms with Crippen LogP contribution in [0.1, 0.15) is 22.0 Å². The first kappa shape index (κ1) is 15.0. The summed E-state index contributed by atoms with van der Waals surface area (Å²) < 4.78 is 1.54. The van der Waals surface area contributed by atoms with Crippen LogP contribution in [0.3, 0.4) is 0 Å².